The predicted octanol–water partition coefficient (Wildman–Crippen LogP) is 1.20. The summed E-state index contributed by atoms with van der Waals surface area (Å²) in [5.74, 6) is 1.56. The van der Waals surface area contributed by atoms with E-state index in [1.165, 1.54) is 19.3 Å². The minimum absolute atomic E-state index is 0.685. The Balaban J connectivity index is 1.81. The Labute approximate surface area is 96.2 Å². The molecule has 0 radical (unpaired) electrons. The van der Waals surface area contributed by atoms with Crippen molar-refractivity contribution in [1.29, 1.82) is 0 Å². The van der Waals surface area contributed by atoms with Crippen LogP contribution in [0.3, 0.4) is 0 Å². The summed E-state index contributed by atoms with van der Waals surface area (Å²) in [4.78, 5) is 6.45. The average Bonchev–Trinajstić information content (AvgIpc) is 2.74. The molecule has 0 atom stereocenters. The Morgan fingerprint density at radius 2 is 2.19 bits per heavy atom. The predicted molar refractivity (Wildman–Crippen MR) is 62.5 cm³/mol. The Hall–Kier alpha value is -1.10. The van der Waals surface area contributed by atoms with Crippen molar-refractivity contribution in [3.05, 3.63) is 5.82 Å². The number of aromatic nitrogens is 2. The molecule has 1 aromatic heterocycles. The third-order valence-corrected chi connectivity index (χ3v) is 3.20. The van der Waals surface area contributed by atoms with E-state index in [0.717, 1.165) is 25.6 Å². The number of nitrogens with one attached hydrogen (secondary N) is 1. The molecule has 1 fully saturated rings. The second kappa shape index (κ2) is 5.30. The highest BCUT2D eigenvalue weighted by Gasteiger charge is 2.22. The summed E-state index contributed by atoms with van der Waals surface area (Å²) in [5.41, 5.74) is 0. The normalized spacial score (nSPS) is 18.0. The molecule has 1 N–H and O–H groups in total. The number of nitrogens with zero attached hydrogens (tertiary/aromatic N) is 3. The smallest absolute Gasteiger partial charge is 0.324 e. The molecule has 0 amide bonds. The molecular weight excluding hydrogens is 204 g/mol. The fourth-order valence-corrected chi connectivity index (χ4v) is 2.18. The van der Waals surface area contributed by atoms with Gasteiger partial charge in [0.25, 0.3) is 0 Å². The van der Waals surface area contributed by atoms with Gasteiger partial charge in [0.2, 0.25) is 0 Å². The van der Waals surface area contributed by atoms with Gasteiger partial charge in [-0.25, -0.2) is 0 Å². The molecule has 1 aliphatic heterocycles. The first kappa shape index (κ1) is 11.4. The summed E-state index contributed by atoms with van der Waals surface area (Å²) in [6.45, 7) is 5.04. The second-order valence-electron chi connectivity index (χ2n) is 4.45. The van der Waals surface area contributed by atoms with Gasteiger partial charge >= 0.3 is 6.01 Å². The molecule has 0 saturated carbocycles. The van der Waals surface area contributed by atoms with E-state index in [4.69, 9.17) is 4.52 Å². The summed E-state index contributed by atoms with van der Waals surface area (Å²) >= 11 is 0. The van der Waals surface area contributed by atoms with Crippen molar-refractivity contribution in [2.75, 3.05) is 31.6 Å². The molecule has 0 aliphatic carbocycles. The maximum absolute atomic E-state index is 5.17. The quantitative estimate of drug-likeness (QED) is 0.833. The van der Waals surface area contributed by atoms with E-state index in [0.29, 0.717) is 11.8 Å². The molecular formula is C11H20N4O. The molecule has 1 aromatic rings. The molecule has 1 aliphatic rings. The standard InChI is InChI=1S/C11H20N4O/c1-9-13-11(16-14-9)15-7-4-10(5-8-15)3-6-12-2/h10,12H,3-8H2,1-2H3. The number of anilines is 1. The maximum atomic E-state index is 5.17. The lowest BCUT2D eigenvalue weighted by Gasteiger charge is -2.30. The molecule has 2 rings (SSSR count). The molecule has 5 nitrogen and oxygen atoms in total. The van der Waals surface area contributed by atoms with Gasteiger partial charge in [-0.2, -0.15) is 4.98 Å². The van der Waals surface area contributed by atoms with Gasteiger partial charge in [-0.15, -0.1) is 0 Å². The molecule has 0 bridgehead atoms. The van der Waals surface area contributed by atoms with Gasteiger partial charge in [-0.05, 0) is 45.7 Å². The first-order valence-electron chi connectivity index (χ1n) is 5.99. The molecule has 0 aromatic carbocycles. The van der Waals surface area contributed by atoms with Crippen molar-refractivity contribution in [2.45, 2.75) is 26.2 Å². The topological polar surface area (TPSA) is 54.2 Å². The van der Waals surface area contributed by atoms with E-state index < -0.39 is 0 Å². The van der Waals surface area contributed by atoms with Gasteiger partial charge in [-0.1, -0.05) is 5.16 Å². The Bertz CT molecular complexity index is 318. The van der Waals surface area contributed by atoms with E-state index in [9.17, 15) is 0 Å². The Morgan fingerprint density at radius 1 is 1.44 bits per heavy atom. The van der Waals surface area contributed by atoms with Crippen molar-refractivity contribution >= 4 is 6.01 Å². The zero-order chi connectivity index (χ0) is 11.4. The van der Waals surface area contributed by atoms with Crippen LogP contribution >= 0.6 is 0 Å². The lowest BCUT2D eigenvalue weighted by molar-refractivity contribution is 0.348. The zero-order valence-electron chi connectivity index (χ0n) is 10.1. The first-order chi connectivity index (χ1) is 7.79. The summed E-state index contributed by atoms with van der Waals surface area (Å²) in [6, 6.07) is 0.685. The van der Waals surface area contributed by atoms with Gasteiger partial charge < -0.3 is 14.7 Å². The highest BCUT2D eigenvalue weighted by molar-refractivity contribution is 5.25. The number of hydrogen-bond acceptors (Lipinski definition) is 5. The number of piperidine rings is 1. The number of rotatable bonds is 4. The largest absolute Gasteiger partial charge is 0.324 e. The fraction of sp³-hybridized carbons (Fsp3) is 0.818. The van der Waals surface area contributed by atoms with Crippen LogP contribution in [0.4, 0.5) is 6.01 Å². The van der Waals surface area contributed by atoms with E-state index in [1.54, 1.807) is 0 Å². The maximum Gasteiger partial charge on any atom is 0.324 e. The van der Waals surface area contributed by atoms with Crippen molar-refractivity contribution in [1.82, 2.24) is 15.5 Å². The summed E-state index contributed by atoms with van der Waals surface area (Å²) in [5, 5.41) is 7.03. The molecule has 16 heavy (non-hydrogen) atoms. The third-order valence-electron chi connectivity index (χ3n) is 3.20. The lowest BCUT2D eigenvalue weighted by atomic mass is 9.94. The van der Waals surface area contributed by atoms with Crippen LogP contribution in [0.15, 0.2) is 4.52 Å². The van der Waals surface area contributed by atoms with Crippen LogP contribution in [0, 0.1) is 12.8 Å². The molecule has 90 valence electrons. The van der Waals surface area contributed by atoms with Gasteiger partial charge in [0.05, 0.1) is 0 Å². The van der Waals surface area contributed by atoms with Crippen LogP contribution in [-0.2, 0) is 0 Å². The van der Waals surface area contributed by atoms with Crippen LogP contribution in [0.5, 0.6) is 0 Å². The van der Waals surface area contributed by atoms with Crippen LogP contribution in [0.25, 0.3) is 0 Å². The Kier molecular flexibility index (Phi) is 3.77. The van der Waals surface area contributed by atoms with Crippen LogP contribution in [0.2, 0.25) is 0 Å². The molecule has 5 heteroatoms. The summed E-state index contributed by atoms with van der Waals surface area (Å²) < 4.78 is 5.17. The molecule has 2 heterocycles. The van der Waals surface area contributed by atoms with Gasteiger partial charge in [-0.3, -0.25) is 0 Å². The summed E-state index contributed by atoms with van der Waals surface area (Å²) in [7, 11) is 2.01. The summed E-state index contributed by atoms with van der Waals surface area (Å²) in [6.07, 6.45) is 3.72. The van der Waals surface area contributed by atoms with Crippen molar-refractivity contribution in [3.63, 3.8) is 0 Å². The van der Waals surface area contributed by atoms with E-state index >= 15 is 0 Å². The van der Waals surface area contributed by atoms with E-state index in [-0.39, 0.29) is 0 Å². The van der Waals surface area contributed by atoms with Crippen LogP contribution in [0.1, 0.15) is 25.1 Å². The fourth-order valence-electron chi connectivity index (χ4n) is 2.18. The molecule has 0 unspecified atom stereocenters. The van der Waals surface area contributed by atoms with Gasteiger partial charge in [0.1, 0.15) is 0 Å². The SMILES string of the molecule is CNCCC1CCN(c2nc(C)no2)CC1. The number of hydrogen-bond donors (Lipinski definition) is 1. The third kappa shape index (κ3) is 2.72. The molecule has 0 spiro atoms. The van der Waals surface area contributed by atoms with E-state index in [2.05, 4.69) is 20.4 Å². The van der Waals surface area contributed by atoms with Crippen LogP contribution < -0.4 is 10.2 Å². The lowest BCUT2D eigenvalue weighted by Crippen LogP contribution is -2.34. The van der Waals surface area contributed by atoms with Crippen molar-refractivity contribution < 1.29 is 4.52 Å². The number of aryl methyl sites for hydroxylation is 1. The van der Waals surface area contributed by atoms with Gasteiger partial charge in [0.15, 0.2) is 5.82 Å². The Morgan fingerprint density at radius 3 is 2.75 bits per heavy atom. The minimum Gasteiger partial charge on any atom is -0.324 e. The first-order valence-corrected chi connectivity index (χ1v) is 5.99. The van der Waals surface area contributed by atoms with E-state index in [1.807, 2.05) is 14.0 Å². The van der Waals surface area contributed by atoms with Crippen molar-refractivity contribution in [2.24, 2.45) is 5.92 Å². The van der Waals surface area contributed by atoms with Crippen LogP contribution in [-0.4, -0.2) is 36.8 Å². The highest BCUT2D eigenvalue weighted by atomic mass is 16.5. The molecule has 1 saturated heterocycles. The minimum atomic E-state index is 0.685. The highest BCUT2D eigenvalue weighted by Crippen LogP contribution is 2.23. The average molecular weight is 224 g/mol. The second-order valence-corrected chi connectivity index (χ2v) is 4.45. The zero-order valence-corrected chi connectivity index (χ0v) is 10.1. The van der Waals surface area contributed by atoms with Crippen molar-refractivity contribution in [3.8, 4) is 0 Å². The van der Waals surface area contributed by atoms with Gasteiger partial charge in [0, 0.05) is 13.1 Å². The monoisotopic (exact) mass is 224 g/mol.